The van der Waals surface area contributed by atoms with E-state index < -0.39 is 0 Å². The van der Waals surface area contributed by atoms with E-state index in [-0.39, 0.29) is 0 Å². The van der Waals surface area contributed by atoms with Crippen molar-refractivity contribution in [3.63, 3.8) is 0 Å². The van der Waals surface area contributed by atoms with Crippen LogP contribution >= 0.6 is 0 Å². The van der Waals surface area contributed by atoms with Crippen LogP contribution in [0.15, 0.2) is 42.5 Å². The molecule has 5 nitrogen and oxygen atoms in total. The van der Waals surface area contributed by atoms with Crippen molar-refractivity contribution < 1.29 is 9.47 Å². The third-order valence-corrected chi connectivity index (χ3v) is 3.59. The van der Waals surface area contributed by atoms with Gasteiger partial charge in [0.05, 0.1) is 31.3 Å². The second-order valence-electron chi connectivity index (χ2n) is 5.22. The van der Waals surface area contributed by atoms with Gasteiger partial charge in [0, 0.05) is 6.54 Å². The molecule has 2 N–H and O–H groups in total. The number of methoxy groups -OCH3 is 1. The first kappa shape index (κ1) is 15.4. The molecular formula is C18H21N3O2. The number of para-hydroxylation sites is 2. The number of nitrogens with zero attached hydrogens (tertiary/aromatic N) is 1. The molecule has 0 radical (unpaired) electrons. The van der Waals surface area contributed by atoms with Crippen molar-refractivity contribution in [2.24, 2.45) is 0 Å². The SMILES string of the molecule is CCOc1cc(CNCc2nc3ccccc3[nH]2)ccc1OC. The van der Waals surface area contributed by atoms with Crippen LogP contribution in [0.2, 0.25) is 0 Å². The monoisotopic (exact) mass is 311 g/mol. The lowest BCUT2D eigenvalue weighted by molar-refractivity contribution is 0.310. The van der Waals surface area contributed by atoms with Crippen LogP contribution < -0.4 is 14.8 Å². The second kappa shape index (κ2) is 7.15. The molecule has 1 heterocycles. The van der Waals surface area contributed by atoms with Crippen molar-refractivity contribution in [2.75, 3.05) is 13.7 Å². The highest BCUT2D eigenvalue weighted by molar-refractivity contribution is 5.74. The first-order valence-electron chi connectivity index (χ1n) is 7.74. The minimum atomic E-state index is 0.617. The molecule has 3 rings (SSSR count). The first-order chi connectivity index (χ1) is 11.3. The third-order valence-electron chi connectivity index (χ3n) is 3.59. The lowest BCUT2D eigenvalue weighted by atomic mass is 10.2. The number of H-pyrrole nitrogens is 1. The molecule has 0 spiro atoms. The molecule has 2 aromatic carbocycles. The Morgan fingerprint density at radius 1 is 1.09 bits per heavy atom. The highest BCUT2D eigenvalue weighted by Gasteiger charge is 2.06. The summed E-state index contributed by atoms with van der Waals surface area (Å²) in [6.07, 6.45) is 0. The van der Waals surface area contributed by atoms with Crippen LogP contribution in [0.25, 0.3) is 11.0 Å². The number of nitrogens with one attached hydrogen (secondary N) is 2. The third kappa shape index (κ3) is 3.63. The van der Waals surface area contributed by atoms with E-state index in [1.54, 1.807) is 7.11 Å². The molecule has 0 aliphatic rings. The number of benzene rings is 2. The van der Waals surface area contributed by atoms with Gasteiger partial charge in [-0.2, -0.15) is 0 Å². The quantitative estimate of drug-likeness (QED) is 0.703. The predicted molar refractivity (Wildman–Crippen MR) is 90.8 cm³/mol. The van der Waals surface area contributed by atoms with Crippen molar-refractivity contribution in [3.8, 4) is 11.5 Å². The highest BCUT2D eigenvalue weighted by atomic mass is 16.5. The number of aromatic nitrogens is 2. The average molecular weight is 311 g/mol. The summed E-state index contributed by atoms with van der Waals surface area (Å²) in [5, 5.41) is 3.40. The normalized spacial score (nSPS) is 10.9. The molecule has 0 fully saturated rings. The van der Waals surface area contributed by atoms with Gasteiger partial charge in [-0.3, -0.25) is 0 Å². The number of rotatable bonds is 7. The van der Waals surface area contributed by atoms with E-state index >= 15 is 0 Å². The summed E-state index contributed by atoms with van der Waals surface area (Å²) in [6.45, 7) is 4.00. The summed E-state index contributed by atoms with van der Waals surface area (Å²) < 4.78 is 10.9. The van der Waals surface area contributed by atoms with Crippen molar-refractivity contribution >= 4 is 11.0 Å². The van der Waals surface area contributed by atoms with Crippen molar-refractivity contribution in [1.29, 1.82) is 0 Å². The maximum atomic E-state index is 5.60. The van der Waals surface area contributed by atoms with Gasteiger partial charge in [-0.15, -0.1) is 0 Å². The summed E-state index contributed by atoms with van der Waals surface area (Å²) >= 11 is 0. The number of hydrogen-bond acceptors (Lipinski definition) is 4. The summed E-state index contributed by atoms with van der Waals surface area (Å²) in [4.78, 5) is 7.87. The summed E-state index contributed by atoms with van der Waals surface area (Å²) in [6, 6.07) is 14.0. The molecular weight excluding hydrogens is 290 g/mol. The van der Waals surface area contributed by atoms with E-state index in [1.807, 2.05) is 49.4 Å². The molecule has 0 bridgehead atoms. The van der Waals surface area contributed by atoms with Crippen LogP contribution in [0.5, 0.6) is 11.5 Å². The Kier molecular flexibility index (Phi) is 4.78. The van der Waals surface area contributed by atoms with Gasteiger partial charge in [-0.1, -0.05) is 18.2 Å². The first-order valence-corrected chi connectivity index (χ1v) is 7.74. The second-order valence-corrected chi connectivity index (χ2v) is 5.22. The number of aromatic amines is 1. The fraction of sp³-hybridized carbons (Fsp3) is 0.278. The van der Waals surface area contributed by atoms with Gasteiger partial charge in [0.2, 0.25) is 0 Å². The van der Waals surface area contributed by atoms with Crippen LogP contribution in [0.1, 0.15) is 18.3 Å². The Labute approximate surface area is 135 Å². The summed E-state index contributed by atoms with van der Waals surface area (Å²) in [5.74, 6) is 2.47. The summed E-state index contributed by atoms with van der Waals surface area (Å²) in [7, 11) is 1.65. The Balaban J connectivity index is 1.62. The van der Waals surface area contributed by atoms with Gasteiger partial charge in [0.15, 0.2) is 11.5 Å². The molecule has 0 amide bonds. The molecule has 23 heavy (non-hydrogen) atoms. The molecule has 0 saturated carbocycles. The van der Waals surface area contributed by atoms with Crippen LogP contribution in [0.4, 0.5) is 0 Å². The molecule has 0 aliphatic heterocycles. The molecule has 0 aliphatic carbocycles. The fourth-order valence-electron chi connectivity index (χ4n) is 2.51. The van der Waals surface area contributed by atoms with Gasteiger partial charge in [-0.25, -0.2) is 4.98 Å². The maximum absolute atomic E-state index is 5.60. The molecule has 0 atom stereocenters. The number of hydrogen-bond donors (Lipinski definition) is 2. The number of fused-ring (bicyclic) bond motifs is 1. The van der Waals surface area contributed by atoms with Gasteiger partial charge in [0.25, 0.3) is 0 Å². The van der Waals surface area contributed by atoms with Gasteiger partial charge < -0.3 is 19.8 Å². The molecule has 0 unspecified atom stereocenters. The maximum Gasteiger partial charge on any atom is 0.161 e. The summed E-state index contributed by atoms with van der Waals surface area (Å²) in [5.41, 5.74) is 3.20. The van der Waals surface area contributed by atoms with Crippen molar-refractivity contribution in [1.82, 2.24) is 15.3 Å². The molecule has 0 saturated heterocycles. The van der Waals surface area contributed by atoms with Gasteiger partial charge in [0.1, 0.15) is 5.82 Å². The molecule has 3 aromatic rings. The Morgan fingerprint density at radius 3 is 2.74 bits per heavy atom. The zero-order valence-electron chi connectivity index (χ0n) is 13.4. The Hall–Kier alpha value is -2.53. The predicted octanol–water partition coefficient (Wildman–Crippen LogP) is 3.26. The van der Waals surface area contributed by atoms with E-state index in [0.29, 0.717) is 13.2 Å². The van der Waals surface area contributed by atoms with Crippen LogP contribution in [0.3, 0.4) is 0 Å². The standard InChI is InChI=1S/C18H21N3O2/c1-3-23-17-10-13(8-9-16(17)22-2)11-19-12-18-20-14-6-4-5-7-15(14)21-18/h4-10,19H,3,11-12H2,1-2H3,(H,20,21). The zero-order valence-corrected chi connectivity index (χ0v) is 13.4. The van der Waals surface area contributed by atoms with Crippen LogP contribution in [0, 0.1) is 0 Å². The molecule has 5 heteroatoms. The van der Waals surface area contributed by atoms with Crippen molar-refractivity contribution in [2.45, 2.75) is 20.0 Å². The van der Waals surface area contributed by atoms with Crippen LogP contribution in [-0.2, 0) is 13.1 Å². The minimum absolute atomic E-state index is 0.617. The minimum Gasteiger partial charge on any atom is -0.493 e. The van der Waals surface area contributed by atoms with Gasteiger partial charge >= 0.3 is 0 Å². The number of ether oxygens (including phenoxy) is 2. The lowest BCUT2D eigenvalue weighted by Gasteiger charge is -2.11. The smallest absolute Gasteiger partial charge is 0.161 e. The fourth-order valence-corrected chi connectivity index (χ4v) is 2.51. The zero-order chi connectivity index (χ0) is 16.1. The van der Waals surface area contributed by atoms with E-state index in [0.717, 1.165) is 40.5 Å². The van der Waals surface area contributed by atoms with E-state index in [4.69, 9.17) is 9.47 Å². The average Bonchev–Trinajstić information content (AvgIpc) is 2.98. The topological polar surface area (TPSA) is 59.2 Å². The van der Waals surface area contributed by atoms with Crippen LogP contribution in [-0.4, -0.2) is 23.7 Å². The van der Waals surface area contributed by atoms with E-state index in [2.05, 4.69) is 15.3 Å². The lowest BCUT2D eigenvalue weighted by Crippen LogP contribution is -2.13. The molecule has 120 valence electrons. The van der Waals surface area contributed by atoms with E-state index in [9.17, 15) is 0 Å². The van der Waals surface area contributed by atoms with Crippen molar-refractivity contribution in [3.05, 3.63) is 53.9 Å². The Bertz CT molecular complexity index is 750. The highest BCUT2D eigenvalue weighted by Crippen LogP contribution is 2.28. The largest absolute Gasteiger partial charge is 0.493 e. The van der Waals surface area contributed by atoms with Gasteiger partial charge in [-0.05, 0) is 36.8 Å². The molecule has 1 aromatic heterocycles. The number of imidazole rings is 1. The Morgan fingerprint density at radius 2 is 1.96 bits per heavy atom. The van der Waals surface area contributed by atoms with E-state index in [1.165, 1.54) is 0 Å².